The summed E-state index contributed by atoms with van der Waals surface area (Å²) < 4.78 is 0. The first-order chi connectivity index (χ1) is 12.2. The zero-order chi connectivity index (χ0) is 17.2. The number of nitrogens with zero attached hydrogens (tertiary/aromatic N) is 1. The minimum Gasteiger partial charge on any atom is -0.314 e. The predicted molar refractivity (Wildman–Crippen MR) is 107 cm³/mol. The highest BCUT2D eigenvalue weighted by Crippen LogP contribution is 2.34. The van der Waals surface area contributed by atoms with E-state index >= 15 is 0 Å². The number of hydrogen-bond acceptors (Lipinski definition) is 2. The summed E-state index contributed by atoms with van der Waals surface area (Å²) in [5, 5.41) is 7.17. The lowest BCUT2D eigenvalue weighted by molar-refractivity contribution is 0.198. The average molecular weight is 371 g/mol. The molecule has 0 saturated carbocycles. The fourth-order valence-electron chi connectivity index (χ4n) is 3.61. The van der Waals surface area contributed by atoms with Crippen LogP contribution in [0.15, 0.2) is 60.7 Å². The van der Waals surface area contributed by atoms with Crippen LogP contribution < -0.4 is 5.32 Å². The summed E-state index contributed by atoms with van der Waals surface area (Å²) in [5.41, 5.74) is 2.48. The van der Waals surface area contributed by atoms with Crippen LogP contribution in [0.1, 0.15) is 17.2 Å². The molecule has 4 heteroatoms. The van der Waals surface area contributed by atoms with E-state index in [0.717, 1.165) is 26.2 Å². The minimum atomic E-state index is 0.182. The molecule has 1 unspecified atom stereocenters. The second-order valence-electron chi connectivity index (χ2n) is 6.47. The van der Waals surface area contributed by atoms with Gasteiger partial charge in [0.25, 0.3) is 0 Å². The van der Waals surface area contributed by atoms with Crippen molar-refractivity contribution in [2.45, 2.75) is 6.04 Å². The van der Waals surface area contributed by atoms with Gasteiger partial charge in [-0.3, -0.25) is 4.90 Å². The predicted octanol–water partition coefficient (Wildman–Crippen LogP) is 5.14. The van der Waals surface area contributed by atoms with Gasteiger partial charge in [-0.25, -0.2) is 0 Å². The Kier molecular flexibility index (Phi) is 4.96. The summed E-state index contributed by atoms with van der Waals surface area (Å²) in [6, 6.07) is 21.4. The van der Waals surface area contributed by atoms with Gasteiger partial charge in [0, 0.05) is 26.2 Å². The summed E-state index contributed by atoms with van der Waals surface area (Å²) in [6.07, 6.45) is 0. The van der Waals surface area contributed by atoms with E-state index in [4.69, 9.17) is 23.2 Å². The molecule has 25 heavy (non-hydrogen) atoms. The minimum absolute atomic E-state index is 0.182. The number of halogens is 2. The van der Waals surface area contributed by atoms with E-state index in [2.05, 4.69) is 58.7 Å². The molecule has 1 atom stereocenters. The van der Waals surface area contributed by atoms with Crippen LogP contribution in [0.3, 0.4) is 0 Å². The maximum Gasteiger partial charge on any atom is 0.0603 e. The molecule has 1 saturated heterocycles. The smallest absolute Gasteiger partial charge is 0.0603 e. The van der Waals surface area contributed by atoms with Crippen molar-refractivity contribution < 1.29 is 0 Å². The molecular weight excluding hydrogens is 351 g/mol. The molecule has 0 amide bonds. The lowest BCUT2D eigenvalue weighted by Crippen LogP contribution is -2.45. The van der Waals surface area contributed by atoms with Crippen molar-refractivity contribution in [1.82, 2.24) is 10.2 Å². The molecular formula is C21H20Cl2N2. The van der Waals surface area contributed by atoms with Gasteiger partial charge >= 0.3 is 0 Å². The third-order valence-electron chi connectivity index (χ3n) is 4.87. The van der Waals surface area contributed by atoms with Gasteiger partial charge in [-0.05, 0) is 40.1 Å². The van der Waals surface area contributed by atoms with Crippen LogP contribution in [0.5, 0.6) is 0 Å². The first-order valence-corrected chi connectivity index (χ1v) is 9.36. The van der Waals surface area contributed by atoms with Crippen LogP contribution in [0, 0.1) is 0 Å². The van der Waals surface area contributed by atoms with E-state index < -0.39 is 0 Å². The molecule has 0 aromatic heterocycles. The number of nitrogens with one attached hydrogen (secondary N) is 1. The van der Waals surface area contributed by atoms with Crippen LogP contribution in [0.4, 0.5) is 0 Å². The summed E-state index contributed by atoms with van der Waals surface area (Å²) in [7, 11) is 0. The first kappa shape index (κ1) is 16.9. The topological polar surface area (TPSA) is 15.3 Å². The molecule has 0 radical (unpaired) electrons. The van der Waals surface area contributed by atoms with Crippen LogP contribution in [0.25, 0.3) is 10.8 Å². The number of fused-ring (bicyclic) bond motifs is 1. The largest absolute Gasteiger partial charge is 0.314 e. The van der Waals surface area contributed by atoms with Crippen molar-refractivity contribution in [2.24, 2.45) is 0 Å². The monoisotopic (exact) mass is 370 g/mol. The Balaban J connectivity index is 1.81. The summed E-state index contributed by atoms with van der Waals surface area (Å²) in [6.45, 7) is 4.03. The van der Waals surface area contributed by atoms with Crippen LogP contribution in [0.2, 0.25) is 10.0 Å². The molecule has 1 fully saturated rings. The molecule has 4 rings (SSSR count). The van der Waals surface area contributed by atoms with Gasteiger partial charge in [0.2, 0.25) is 0 Å². The van der Waals surface area contributed by atoms with E-state index in [1.165, 1.54) is 21.9 Å². The molecule has 128 valence electrons. The van der Waals surface area contributed by atoms with Crippen LogP contribution in [-0.4, -0.2) is 31.1 Å². The van der Waals surface area contributed by atoms with E-state index in [1.54, 1.807) is 0 Å². The van der Waals surface area contributed by atoms with Crippen molar-refractivity contribution >= 4 is 34.0 Å². The first-order valence-electron chi connectivity index (χ1n) is 8.61. The molecule has 1 aliphatic heterocycles. The second-order valence-corrected chi connectivity index (χ2v) is 7.28. The SMILES string of the molecule is Clc1ccc(C(c2ccc3ccccc3c2)N2CCNCC2)cc1Cl. The molecule has 2 nitrogen and oxygen atoms in total. The highest BCUT2D eigenvalue weighted by Gasteiger charge is 2.24. The second kappa shape index (κ2) is 7.35. The Morgan fingerprint density at radius 3 is 2.20 bits per heavy atom. The Morgan fingerprint density at radius 1 is 0.760 bits per heavy atom. The van der Waals surface area contributed by atoms with Gasteiger partial charge < -0.3 is 5.32 Å². The maximum absolute atomic E-state index is 6.32. The highest BCUT2D eigenvalue weighted by molar-refractivity contribution is 6.42. The van der Waals surface area contributed by atoms with Crippen molar-refractivity contribution in [3.63, 3.8) is 0 Å². The van der Waals surface area contributed by atoms with Gasteiger partial charge in [-0.15, -0.1) is 0 Å². The fraction of sp³-hybridized carbons (Fsp3) is 0.238. The zero-order valence-corrected chi connectivity index (χ0v) is 15.4. The number of benzene rings is 3. The zero-order valence-electron chi connectivity index (χ0n) is 13.9. The Bertz CT molecular complexity index is 888. The Hall–Kier alpha value is -1.58. The lowest BCUT2D eigenvalue weighted by atomic mass is 9.94. The molecule has 3 aromatic rings. The van der Waals surface area contributed by atoms with Gasteiger partial charge in [-0.2, -0.15) is 0 Å². The standard InChI is InChI=1S/C21H20Cl2N2/c22-19-8-7-18(14-20(19)23)21(25-11-9-24-10-12-25)17-6-5-15-3-1-2-4-16(15)13-17/h1-8,13-14,21,24H,9-12H2. The van der Waals surface area contributed by atoms with Gasteiger partial charge in [0.05, 0.1) is 16.1 Å². The molecule has 1 heterocycles. The Labute approximate surface area is 158 Å². The third kappa shape index (κ3) is 3.54. The van der Waals surface area contributed by atoms with E-state index in [0.29, 0.717) is 10.0 Å². The average Bonchev–Trinajstić information content (AvgIpc) is 2.66. The summed E-state index contributed by atoms with van der Waals surface area (Å²) in [4.78, 5) is 2.51. The fourth-order valence-corrected chi connectivity index (χ4v) is 3.92. The van der Waals surface area contributed by atoms with E-state index in [-0.39, 0.29) is 6.04 Å². The normalized spacial score (nSPS) is 16.9. The summed E-state index contributed by atoms with van der Waals surface area (Å²) in [5.74, 6) is 0. The number of rotatable bonds is 3. The van der Waals surface area contributed by atoms with Gasteiger partial charge in [-0.1, -0.05) is 65.7 Å². The van der Waals surface area contributed by atoms with Crippen molar-refractivity contribution in [3.05, 3.63) is 81.8 Å². The molecule has 0 aliphatic carbocycles. The lowest BCUT2D eigenvalue weighted by Gasteiger charge is -2.36. The van der Waals surface area contributed by atoms with E-state index in [1.807, 2.05) is 12.1 Å². The summed E-state index contributed by atoms with van der Waals surface area (Å²) >= 11 is 12.5. The Morgan fingerprint density at radius 2 is 1.44 bits per heavy atom. The van der Waals surface area contributed by atoms with Crippen molar-refractivity contribution in [1.29, 1.82) is 0 Å². The molecule has 0 bridgehead atoms. The molecule has 0 spiro atoms. The third-order valence-corrected chi connectivity index (χ3v) is 5.60. The van der Waals surface area contributed by atoms with Crippen molar-refractivity contribution in [3.8, 4) is 0 Å². The number of hydrogen-bond donors (Lipinski definition) is 1. The van der Waals surface area contributed by atoms with Crippen LogP contribution >= 0.6 is 23.2 Å². The quantitative estimate of drug-likeness (QED) is 0.686. The van der Waals surface area contributed by atoms with Gasteiger partial charge in [0.15, 0.2) is 0 Å². The van der Waals surface area contributed by atoms with Crippen LogP contribution in [-0.2, 0) is 0 Å². The van der Waals surface area contributed by atoms with Crippen molar-refractivity contribution in [2.75, 3.05) is 26.2 Å². The molecule has 1 N–H and O–H groups in total. The van der Waals surface area contributed by atoms with E-state index in [9.17, 15) is 0 Å². The highest BCUT2D eigenvalue weighted by atomic mass is 35.5. The van der Waals surface area contributed by atoms with Gasteiger partial charge in [0.1, 0.15) is 0 Å². The molecule has 3 aromatic carbocycles. The number of piperazine rings is 1. The maximum atomic E-state index is 6.32. The molecule has 1 aliphatic rings.